The number of anilines is 3. The van der Waals surface area contributed by atoms with Crippen LogP contribution in [0.5, 0.6) is 0 Å². The van der Waals surface area contributed by atoms with Crippen LogP contribution in [0.4, 0.5) is 30.4 Å². The third-order valence-corrected chi connectivity index (χ3v) is 4.99. The number of alkyl halides is 3. The molecule has 1 aromatic heterocycles. The zero-order chi connectivity index (χ0) is 19.7. The molecular formula is C20H16ClF3N4. The van der Waals surface area contributed by atoms with Crippen molar-refractivity contribution in [3.63, 3.8) is 0 Å². The molecule has 3 aromatic rings. The van der Waals surface area contributed by atoms with Gasteiger partial charge in [0.05, 0.1) is 28.5 Å². The second-order valence-electron chi connectivity index (χ2n) is 6.47. The molecule has 2 heterocycles. The number of para-hydroxylation sites is 1. The van der Waals surface area contributed by atoms with Crippen molar-refractivity contribution >= 4 is 28.8 Å². The van der Waals surface area contributed by atoms with E-state index in [1.807, 2.05) is 24.3 Å². The van der Waals surface area contributed by atoms with Crippen molar-refractivity contribution in [2.45, 2.75) is 19.1 Å². The van der Waals surface area contributed by atoms with Crippen LogP contribution in [-0.2, 0) is 19.1 Å². The third kappa shape index (κ3) is 3.75. The molecule has 0 saturated carbocycles. The smallest absolute Gasteiger partial charge is 0.364 e. The van der Waals surface area contributed by atoms with Gasteiger partial charge in [0.2, 0.25) is 0 Å². The monoisotopic (exact) mass is 404 g/mol. The number of hydrogen-bond acceptors (Lipinski definition) is 4. The van der Waals surface area contributed by atoms with Crippen molar-refractivity contribution in [1.29, 1.82) is 0 Å². The fraction of sp³-hybridized carbons (Fsp3) is 0.200. The van der Waals surface area contributed by atoms with Gasteiger partial charge in [-0.15, -0.1) is 0 Å². The van der Waals surface area contributed by atoms with E-state index in [-0.39, 0.29) is 0 Å². The maximum absolute atomic E-state index is 12.7. The van der Waals surface area contributed by atoms with Gasteiger partial charge in [-0.1, -0.05) is 23.7 Å². The Hall–Kier alpha value is -2.80. The molecule has 0 unspecified atom stereocenters. The standard InChI is InChI=1S/C20H16ClF3N4/c21-16-3-1-2-4-18(16)28-10-9-15-17(11-28)25-12-26-19(15)27-14-7-5-13(6-8-14)20(22,23)24/h1-8,12H,9-11H2,(H,25,26,27). The second-order valence-corrected chi connectivity index (χ2v) is 6.88. The average Bonchev–Trinajstić information content (AvgIpc) is 2.68. The highest BCUT2D eigenvalue weighted by Crippen LogP contribution is 2.33. The van der Waals surface area contributed by atoms with Crippen molar-refractivity contribution in [2.24, 2.45) is 0 Å². The SMILES string of the molecule is FC(F)(F)c1ccc(Nc2ncnc3c2CCN(c2ccccc2Cl)C3)cc1. The molecule has 0 aliphatic carbocycles. The van der Waals surface area contributed by atoms with Gasteiger partial charge in [-0.3, -0.25) is 0 Å². The van der Waals surface area contributed by atoms with Crippen LogP contribution >= 0.6 is 11.6 Å². The van der Waals surface area contributed by atoms with Crippen molar-refractivity contribution < 1.29 is 13.2 Å². The van der Waals surface area contributed by atoms with Gasteiger partial charge in [0.25, 0.3) is 0 Å². The topological polar surface area (TPSA) is 41.1 Å². The fourth-order valence-electron chi connectivity index (χ4n) is 3.26. The Kier molecular flexibility index (Phi) is 4.85. The van der Waals surface area contributed by atoms with Gasteiger partial charge in [0.15, 0.2) is 0 Å². The van der Waals surface area contributed by atoms with Gasteiger partial charge in [0, 0.05) is 17.8 Å². The van der Waals surface area contributed by atoms with E-state index in [1.165, 1.54) is 18.5 Å². The number of nitrogens with one attached hydrogen (secondary N) is 1. The van der Waals surface area contributed by atoms with Gasteiger partial charge in [-0.2, -0.15) is 13.2 Å². The Bertz CT molecular complexity index is 989. The Morgan fingerprint density at radius 1 is 1.00 bits per heavy atom. The molecule has 1 aliphatic rings. The zero-order valence-corrected chi connectivity index (χ0v) is 15.4. The third-order valence-electron chi connectivity index (χ3n) is 4.68. The molecule has 2 aromatic carbocycles. The van der Waals surface area contributed by atoms with Gasteiger partial charge in [0.1, 0.15) is 12.1 Å². The number of benzene rings is 2. The van der Waals surface area contributed by atoms with Gasteiger partial charge in [-0.05, 0) is 42.8 Å². The van der Waals surface area contributed by atoms with Crippen molar-refractivity contribution in [3.05, 3.63) is 76.7 Å². The minimum absolute atomic E-state index is 0.544. The Balaban J connectivity index is 1.56. The molecule has 28 heavy (non-hydrogen) atoms. The van der Waals surface area contributed by atoms with Crippen LogP contribution in [0, 0.1) is 0 Å². The molecule has 144 valence electrons. The number of halogens is 4. The molecule has 4 nitrogen and oxygen atoms in total. The second kappa shape index (κ2) is 7.31. The lowest BCUT2D eigenvalue weighted by molar-refractivity contribution is -0.137. The summed E-state index contributed by atoms with van der Waals surface area (Å²) in [5.74, 6) is 0.614. The molecule has 0 amide bonds. The van der Waals surface area contributed by atoms with E-state index in [2.05, 4.69) is 20.2 Å². The lowest BCUT2D eigenvalue weighted by atomic mass is 10.0. The minimum Gasteiger partial charge on any atom is -0.364 e. The quantitative estimate of drug-likeness (QED) is 0.629. The molecule has 4 rings (SSSR count). The summed E-state index contributed by atoms with van der Waals surface area (Å²) < 4.78 is 38.2. The lowest BCUT2D eigenvalue weighted by Crippen LogP contribution is -2.32. The number of hydrogen-bond donors (Lipinski definition) is 1. The first-order valence-corrected chi connectivity index (χ1v) is 9.06. The van der Waals surface area contributed by atoms with Crippen LogP contribution in [0.25, 0.3) is 0 Å². The Morgan fingerprint density at radius 2 is 1.75 bits per heavy atom. The molecule has 0 radical (unpaired) electrons. The van der Waals surface area contributed by atoms with Gasteiger partial charge >= 0.3 is 6.18 Å². The average molecular weight is 405 g/mol. The number of aromatic nitrogens is 2. The highest BCUT2D eigenvalue weighted by atomic mass is 35.5. The van der Waals surface area contributed by atoms with E-state index in [4.69, 9.17) is 11.6 Å². The molecule has 8 heteroatoms. The van der Waals surface area contributed by atoms with Crippen LogP contribution in [0.15, 0.2) is 54.9 Å². The first-order chi connectivity index (χ1) is 13.4. The summed E-state index contributed by atoms with van der Waals surface area (Å²) in [4.78, 5) is 10.8. The fourth-order valence-corrected chi connectivity index (χ4v) is 3.51. The number of rotatable bonds is 3. The van der Waals surface area contributed by atoms with Crippen LogP contribution in [0.2, 0.25) is 5.02 Å². The van der Waals surface area contributed by atoms with E-state index in [9.17, 15) is 13.2 Å². The molecule has 0 fully saturated rings. The Morgan fingerprint density at radius 3 is 2.46 bits per heavy atom. The summed E-state index contributed by atoms with van der Waals surface area (Å²) in [6, 6.07) is 12.5. The molecule has 0 saturated heterocycles. The molecule has 0 atom stereocenters. The summed E-state index contributed by atoms with van der Waals surface area (Å²) in [5, 5.41) is 3.80. The number of fused-ring (bicyclic) bond motifs is 1. The summed E-state index contributed by atoms with van der Waals surface area (Å²) in [6.07, 6.45) is -2.19. The summed E-state index contributed by atoms with van der Waals surface area (Å²) >= 11 is 6.30. The normalized spacial score (nSPS) is 13.9. The first-order valence-electron chi connectivity index (χ1n) is 8.68. The van der Waals surface area contributed by atoms with Crippen LogP contribution < -0.4 is 10.2 Å². The van der Waals surface area contributed by atoms with Crippen LogP contribution in [0.3, 0.4) is 0 Å². The summed E-state index contributed by atoms with van der Waals surface area (Å²) in [5.41, 5.74) is 2.65. The molecule has 1 N–H and O–H groups in total. The first kappa shape index (κ1) is 18.6. The predicted molar refractivity (Wildman–Crippen MR) is 103 cm³/mol. The summed E-state index contributed by atoms with van der Waals surface area (Å²) in [6.45, 7) is 1.33. The largest absolute Gasteiger partial charge is 0.416 e. The Labute approximate surface area is 165 Å². The zero-order valence-electron chi connectivity index (χ0n) is 14.7. The van der Waals surface area contributed by atoms with E-state index in [0.29, 0.717) is 29.5 Å². The maximum atomic E-state index is 12.7. The van der Waals surface area contributed by atoms with E-state index < -0.39 is 11.7 Å². The maximum Gasteiger partial charge on any atom is 0.416 e. The summed E-state index contributed by atoms with van der Waals surface area (Å²) in [7, 11) is 0. The predicted octanol–water partition coefficient (Wildman–Crippen LogP) is 5.46. The van der Waals surface area contributed by atoms with Crippen molar-refractivity contribution in [1.82, 2.24) is 9.97 Å². The number of nitrogens with zero attached hydrogens (tertiary/aromatic N) is 3. The van der Waals surface area contributed by atoms with E-state index >= 15 is 0 Å². The highest BCUT2D eigenvalue weighted by Gasteiger charge is 2.30. The van der Waals surface area contributed by atoms with E-state index in [0.717, 1.165) is 35.6 Å². The van der Waals surface area contributed by atoms with Gasteiger partial charge < -0.3 is 10.2 Å². The molecule has 0 spiro atoms. The van der Waals surface area contributed by atoms with Crippen molar-refractivity contribution in [3.8, 4) is 0 Å². The minimum atomic E-state index is -4.35. The van der Waals surface area contributed by atoms with Gasteiger partial charge in [-0.25, -0.2) is 9.97 Å². The van der Waals surface area contributed by atoms with Crippen LogP contribution in [-0.4, -0.2) is 16.5 Å². The van der Waals surface area contributed by atoms with Crippen LogP contribution in [0.1, 0.15) is 16.8 Å². The highest BCUT2D eigenvalue weighted by molar-refractivity contribution is 6.33. The van der Waals surface area contributed by atoms with E-state index in [1.54, 1.807) is 0 Å². The molecular weight excluding hydrogens is 389 g/mol. The lowest BCUT2D eigenvalue weighted by Gasteiger charge is -2.31. The van der Waals surface area contributed by atoms with Crippen molar-refractivity contribution in [2.75, 3.05) is 16.8 Å². The molecule has 1 aliphatic heterocycles. The molecule has 0 bridgehead atoms.